The third-order valence-corrected chi connectivity index (χ3v) is 4.06. The summed E-state index contributed by atoms with van der Waals surface area (Å²) in [4.78, 5) is 33.4. The van der Waals surface area contributed by atoms with Crippen LogP contribution in [-0.2, 0) is 9.59 Å². The molecular formula is C13H21N5O2S. The van der Waals surface area contributed by atoms with Gasteiger partial charge in [0.05, 0.1) is 13.1 Å². The molecule has 0 saturated carbocycles. The molecular weight excluding hydrogens is 290 g/mol. The molecule has 116 valence electrons. The van der Waals surface area contributed by atoms with Crippen molar-refractivity contribution in [3.8, 4) is 0 Å². The van der Waals surface area contributed by atoms with E-state index in [2.05, 4.69) is 20.1 Å². The van der Waals surface area contributed by atoms with Gasteiger partial charge in [0.1, 0.15) is 0 Å². The van der Waals surface area contributed by atoms with Crippen molar-refractivity contribution in [2.45, 2.75) is 0 Å². The average molecular weight is 311 g/mol. The van der Waals surface area contributed by atoms with E-state index in [1.165, 1.54) is 11.3 Å². The molecule has 1 fully saturated rings. The molecule has 1 aliphatic rings. The highest BCUT2D eigenvalue weighted by Crippen LogP contribution is 2.10. The molecule has 1 saturated heterocycles. The van der Waals surface area contributed by atoms with Crippen LogP contribution in [0.4, 0.5) is 5.13 Å². The lowest BCUT2D eigenvalue weighted by Gasteiger charge is -2.34. The molecule has 1 aliphatic heterocycles. The standard InChI is InChI=1S/C13H21N5O2S/c1-16(2)12(20)10-18-6-4-17(5-7-18)9-11(19)15-13-14-3-8-21-13/h3,8H,4-7,9-10H2,1-2H3,(H,14,15,19). The predicted molar refractivity (Wildman–Crippen MR) is 82.3 cm³/mol. The topological polar surface area (TPSA) is 68.8 Å². The summed E-state index contributed by atoms with van der Waals surface area (Å²) in [5.41, 5.74) is 0. The van der Waals surface area contributed by atoms with Crippen molar-refractivity contribution < 1.29 is 9.59 Å². The Hall–Kier alpha value is -1.51. The number of carbonyl (C=O) groups is 2. The molecule has 7 nitrogen and oxygen atoms in total. The fraction of sp³-hybridized carbons (Fsp3) is 0.615. The molecule has 0 atom stereocenters. The third kappa shape index (κ3) is 5.07. The third-order valence-electron chi connectivity index (χ3n) is 3.37. The van der Waals surface area contributed by atoms with Gasteiger partial charge in [0.15, 0.2) is 5.13 Å². The summed E-state index contributed by atoms with van der Waals surface area (Å²) in [5.74, 6) is 0.0766. The Bertz CT molecular complexity index is 469. The largest absolute Gasteiger partial charge is 0.348 e. The second kappa shape index (κ2) is 7.48. The lowest BCUT2D eigenvalue weighted by molar-refractivity contribution is -0.130. The van der Waals surface area contributed by atoms with Crippen molar-refractivity contribution in [2.24, 2.45) is 0 Å². The van der Waals surface area contributed by atoms with Crippen molar-refractivity contribution in [1.29, 1.82) is 0 Å². The summed E-state index contributed by atoms with van der Waals surface area (Å²) in [6.45, 7) is 4.04. The summed E-state index contributed by atoms with van der Waals surface area (Å²) in [6, 6.07) is 0. The van der Waals surface area contributed by atoms with Crippen LogP contribution < -0.4 is 5.32 Å². The van der Waals surface area contributed by atoms with Gasteiger partial charge in [0.25, 0.3) is 0 Å². The van der Waals surface area contributed by atoms with Crippen LogP contribution >= 0.6 is 11.3 Å². The lowest BCUT2D eigenvalue weighted by Crippen LogP contribution is -2.50. The molecule has 0 spiro atoms. The van der Waals surface area contributed by atoms with E-state index in [4.69, 9.17) is 0 Å². The maximum absolute atomic E-state index is 11.9. The van der Waals surface area contributed by atoms with E-state index < -0.39 is 0 Å². The minimum Gasteiger partial charge on any atom is -0.348 e. The van der Waals surface area contributed by atoms with Gasteiger partial charge in [0.2, 0.25) is 11.8 Å². The molecule has 1 aromatic heterocycles. The van der Waals surface area contributed by atoms with Gasteiger partial charge in [-0.3, -0.25) is 19.4 Å². The number of anilines is 1. The molecule has 2 rings (SSSR count). The quantitative estimate of drug-likeness (QED) is 0.815. The number of likely N-dealkylation sites (N-methyl/N-ethyl adjacent to an activating group) is 1. The van der Waals surface area contributed by atoms with Gasteiger partial charge in [-0.1, -0.05) is 0 Å². The highest BCUT2D eigenvalue weighted by Gasteiger charge is 2.21. The van der Waals surface area contributed by atoms with Crippen LogP contribution in [0.5, 0.6) is 0 Å². The van der Waals surface area contributed by atoms with E-state index in [9.17, 15) is 9.59 Å². The van der Waals surface area contributed by atoms with E-state index in [-0.39, 0.29) is 11.8 Å². The molecule has 0 aromatic carbocycles. The maximum Gasteiger partial charge on any atom is 0.240 e. The Morgan fingerprint density at radius 2 is 1.86 bits per heavy atom. The van der Waals surface area contributed by atoms with Gasteiger partial charge in [0, 0.05) is 51.9 Å². The fourth-order valence-electron chi connectivity index (χ4n) is 2.09. The average Bonchev–Trinajstić information content (AvgIpc) is 2.93. The molecule has 21 heavy (non-hydrogen) atoms. The summed E-state index contributed by atoms with van der Waals surface area (Å²) in [5, 5.41) is 5.24. The number of hydrogen-bond donors (Lipinski definition) is 1. The number of nitrogens with zero attached hydrogens (tertiary/aromatic N) is 4. The monoisotopic (exact) mass is 311 g/mol. The van der Waals surface area contributed by atoms with Gasteiger partial charge in [-0.05, 0) is 0 Å². The first-order valence-corrected chi connectivity index (χ1v) is 7.77. The first-order chi connectivity index (χ1) is 10.0. The summed E-state index contributed by atoms with van der Waals surface area (Å²) in [7, 11) is 3.53. The smallest absolute Gasteiger partial charge is 0.240 e. The van der Waals surface area contributed by atoms with Gasteiger partial charge >= 0.3 is 0 Å². The number of aromatic nitrogens is 1. The number of thiazole rings is 1. The minimum atomic E-state index is -0.0391. The van der Waals surface area contributed by atoms with E-state index >= 15 is 0 Å². The Morgan fingerprint density at radius 3 is 2.38 bits per heavy atom. The van der Waals surface area contributed by atoms with E-state index in [1.807, 2.05) is 5.38 Å². The molecule has 2 heterocycles. The number of rotatable bonds is 5. The number of amides is 2. The predicted octanol–water partition coefficient (Wildman–Crippen LogP) is -0.213. The second-order valence-electron chi connectivity index (χ2n) is 5.23. The molecule has 1 N–H and O–H groups in total. The normalized spacial score (nSPS) is 16.7. The second-order valence-corrected chi connectivity index (χ2v) is 6.12. The molecule has 0 unspecified atom stereocenters. The fourth-order valence-corrected chi connectivity index (χ4v) is 2.63. The highest BCUT2D eigenvalue weighted by molar-refractivity contribution is 7.13. The number of nitrogens with one attached hydrogen (secondary N) is 1. The number of piperazine rings is 1. The first-order valence-electron chi connectivity index (χ1n) is 6.89. The lowest BCUT2D eigenvalue weighted by atomic mass is 10.3. The van der Waals surface area contributed by atoms with E-state index in [0.717, 1.165) is 26.2 Å². The molecule has 1 aromatic rings. The van der Waals surface area contributed by atoms with Crippen molar-refractivity contribution in [3.05, 3.63) is 11.6 Å². The van der Waals surface area contributed by atoms with E-state index in [0.29, 0.717) is 18.2 Å². The zero-order chi connectivity index (χ0) is 15.2. The first kappa shape index (κ1) is 15.9. The van der Waals surface area contributed by atoms with Crippen molar-refractivity contribution >= 4 is 28.3 Å². The van der Waals surface area contributed by atoms with Crippen LogP contribution in [-0.4, -0.2) is 84.9 Å². The number of hydrogen-bond acceptors (Lipinski definition) is 6. The van der Waals surface area contributed by atoms with Crippen molar-refractivity contribution in [2.75, 3.05) is 58.7 Å². The Labute approximate surface area is 128 Å². The number of carbonyl (C=O) groups excluding carboxylic acids is 2. The zero-order valence-corrected chi connectivity index (χ0v) is 13.2. The van der Waals surface area contributed by atoms with Gasteiger partial charge in [-0.15, -0.1) is 11.3 Å². The Morgan fingerprint density at radius 1 is 1.24 bits per heavy atom. The van der Waals surface area contributed by atoms with Crippen LogP contribution in [0.1, 0.15) is 0 Å². The zero-order valence-electron chi connectivity index (χ0n) is 12.4. The van der Waals surface area contributed by atoms with E-state index in [1.54, 1.807) is 25.2 Å². The Balaban J connectivity index is 1.69. The minimum absolute atomic E-state index is 0.0391. The van der Waals surface area contributed by atoms with Crippen LogP contribution in [0, 0.1) is 0 Å². The van der Waals surface area contributed by atoms with Crippen LogP contribution in [0.15, 0.2) is 11.6 Å². The van der Waals surface area contributed by atoms with Crippen molar-refractivity contribution in [3.63, 3.8) is 0 Å². The SMILES string of the molecule is CN(C)C(=O)CN1CCN(CC(=O)Nc2nccs2)CC1. The summed E-state index contributed by atoms with van der Waals surface area (Å²) >= 11 is 1.41. The van der Waals surface area contributed by atoms with Gasteiger partial charge < -0.3 is 10.2 Å². The molecule has 2 amide bonds. The highest BCUT2D eigenvalue weighted by atomic mass is 32.1. The van der Waals surface area contributed by atoms with Gasteiger partial charge in [-0.25, -0.2) is 4.98 Å². The van der Waals surface area contributed by atoms with Gasteiger partial charge in [-0.2, -0.15) is 0 Å². The summed E-state index contributed by atoms with van der Waals surface area (Å²) < 4.78 is 0. The van der Waals surface area contributed by atoms with Crippen molar-refractivity contribution in [1.82, 2.24) is 19.7 Å². The van der Waals surface area contributed by atoms with Crippen LogP contribution in [0.25, 0.3) is 0 Å². The maximum atomic E-state index is 11.9. The molecule has 0 bridgehead atoms. The van der Waals surface area contributed by atoms with Crippen LogP contribution in [0.2, 0.25) is 0 Å². The summed E-state index contributed by atoms with van der Waals surface area (Å²) in [6.07, 6.45) is 1.67. The van der Waals surface area contributed by atoms with Crippen LogP contribution in [0.3, 0.4) is 0 Å². The Kier molecular flexibility index (Phi) is 5.66. The molecule has 0 radical (unpaired) electrons. The molecule has 8 heteroatoms. The molecule has 0 aliphatic carbocycles.